The molecule has 0 spiro atoms. The lowest BCUT2D eigenvalue weighted by Crippen LogP contribution is -2.38. The molecule has 0 aliphatic heterocycles. The molecule has 2 rings (SSSR count). The highest BCUT2D eigenvalue weighted by atomic mass is 16.6. The Bertz CT molecular complexity index is 725. The van der Waals surface area contributed by atoms with Gasteiger partial charge in [0.1, 0.15) is 18.0 Å². The Morgan fingerprint density at radius 3 is 2.33 bits per heavy atom. The van der Waals surface area contributed by atoms with Gasteiger partial charge in [-0.15, -0.1) is 0 Å². The molecule has 0 radical (unpaired) electrons. The summed E-state index contributed by atoms with van der Waals surface area (Å²) in [4.78, 5) is 12.3. The summed E-state index contributed by atoms with van der Waals surface area (Å²) in [6, 6.07) is 17.0. The van der Waals surface area contributed by atoms with E-state index in [9.17, 15) is 9.90 Å². The molecule has 0 aliphatic rings. The van der Waals surface area contributed by atoms with Gasteiger partial charge in [0.25, 0.3) is 0 Å². The molecule has 2 aromatic rings. The van der Waals surface area contributed by atoms with Gasteiger partial charge in [-0.1, -0.05) is 55.5 Å². The van der Waals surface area contributed by atoms with Crippen molar-refractivity contribution in [2.24, 2.45) is 5.92 Å². The minimum absolute atomic E-state index is 0.0759. The zero-order valence-electron chi connectivity index (χ0n) is 16.4. The van der Waals surface area contributed by atoms with Crippen LogP contribution in [0.1, 0.15) is 44.9 Å². The van der Waals surface area contributed by atoms with Gasteiger partial charge in [-0.3, -0.25) is 0 Å². The Labute approximate surface area is 161 Å². The molecule has 146 valence electrons. The first kappa shape index (κ1) is 20.8. The average molecular weight is 371 g/mol. The van der Waals surface area contributed by atoms with E-state index in [0.717, 1.165) is 11.1 Å². The monoisotopic (exact) mass is 371 g/mol. The standard InChI is InChI=1S/C22H29NO4/c1-16(14-24)20(23-21(25)27-22(2,3)4)18-12-8-9-13-19(18)26-15-17-10-6-5-7-11-17/h5-13,16,20,24H,14-15H2,1-4H3,(H,23,25)/t16-,20+/m1/s1. The minimum Gasteiger partial charge on any atom is -0.489 e. The third-order valence-corrected chi connectivity index (χ3v) is 4.02. The molecule has 0 heterocycles. The number of nitrogens with one attached hydrogen (secondary N) is 1. The van der Waals surface area contributed by atoms with Gasteiger partial charge in [0.15, 0.2) is 0 Å². The summed E-state index contributed by atoms with van der Waals surface area (Å²) in [5, 5.41) is 12.6. The molecule has 5 nitrogen and oxygen atoms in total. The van der Waals surface area contributed by atoms with Crippen molar-refractivity contribution in [3.63, 3.8) is 0 Å². The molecule has 2 N–H and O–H groups in total. The van der Waals surface area contributed by atoms with Crippen molar-refractivity contribution in [1.29, 1.82) is 0 Å². The van der Waals surface area contributed by atoms with Crippen molar-refractivity contribution < 1.29 is 19.4 Å². The van der Waals surface area contributed by atoms with Gasteiger partial charge in [-0.05, 0) is 32.4 Å². The number of carbonyl (C=O) groups excluding carboxylic acids is 1. The van der Waals surface area contributed by atoms with Gasteiger partial charge in [-0.25, -0.2) is 4.79 Å². The van der Waals surface area contributed by atoms with Crippen molar-refractivity contribution in [2.75, 3.05) is 6.61 Å². The number of alkyl carbamates (subject to hydrolysis) is 1. The van der Waals surface area contributed by atoms with Crippen molar-refractivity contribution in [2.45, 2.75) is 45.9 Å². The predicted octanol–water partition coefficient (Wildman–Crippen LogP) is 4.46. The topological polar surface area (TPSA) is 67.8 Å². The lowest BCUT2D eigenvalue weighted by Gasteiger charge is -2.28. The van der Waals surface area contributed by atoms with E-state index in [1.807, 2.05) is 82.3 Å². The number of aliphatic hydroxyl groups excluding tert-OH is 1. The van der Waals surface area contributed by atoms with Crippen LogP contribution in [0.3, 0.4) is 0 Å². The van der Waals surface area contributed by atoms with E-state index in [-0.39, 0.29) is 12.5 Å². The van der Waals surface area contributed by atoms with Crippen LogP contribution in [0.25, 0.3) is 0 Å². The molecule has 5 heteroatoms. The molecule has 0 saturated carbocycles. The largest absolute Gasteiger partial charge is 0.489 e. The van der Waals surface area contributed by atoms with E-state index >= 15 is 0 Å². The first-order valence-corrected chi connectivity index (χ1v) is 9.16. The first-order valence-electron chi connectivity index (χ1n) is 9.16. The summed E-state index contributed by atoms with van der Waals surface area (Å²) in [5.41, 5.74) is 1.26. The maximum absolute atomic E-state index is 12.3. The Kier molecular flexibility index (Phi) is 7.25. The number of para-hydroxylation sites is 1. The summed E-state index contributed by atoms with van der Waals surface area (Å²) in [6.07, 6.45) is -0.523. The first-order chi connectivity index (χ1) is 12.8. The van der Waals surface area contributed by atoms with Gasteiger partial charge in [0.2, 0.25) is 0 Å². The Morgan fingerprint density at radius 1 is 1.07 bits per heavy atom. The molecule has 27 heavy (non-hydrogen) atoms. The molecule has 0 unspecified atom stereocenters. The highest BCUT2D eigenvalue weighted by Crippen LogP contribution is 2.31. The number of hydrogen-bond acceptors (Lipinski definition) is 4. The highest BCUT2D eigenvalue weighted by Gasteiger charge is 2.26. The summed E-state index contributed by atoms with van der Waals surface area (Å²) < 4.78 is 11.4. The molecule has 2 atom stereocenters. The fourth-order valence-corrected chi connectivity index (χ4v) is 2.67. The second-order valence-corrected chi connectivity index (χ2v) is 7.60. The second-order valence-electron chi connectivity index (χ2n) is 7.60. The lowest BCUT2D eigenvalue weighted by atomic mass is 9.94. The van der Waals surface area contributed by atoms with E-state index in [4.69, 9.17) is 9.47 Å². The summed E-state index contributed by atoms with van der Waals surface area (Å²) in [6.45, 7) is 7.66. The minimum atomic E-state index is -0.597. The average Bonchev–Trinajstić information content (AvgIpc) is 2.63. The molecule has 0 bridgehead atoms. The van der Waals surface area contributed by atoms with Crippen LogP contribution in [0.2, 0.25) is 0 Å². The number of hydrogen-bond donors (Lipinski definition) is 2. The third kappa shape index (κ3) is 6.61. The van der Waals surface area contributed by atoms with E-state index in [2.05, 4.69) is 5.32 Å². The Balaban J connectivity index is 2.21. The van der Waals surface area contributed by atoms with Gasteiger partial charge in [0.05, 0.1) is 6.04 Å². The number of carbonyl (C=O) groups is 1. The van der Waals surface area contributed by atoms with Crippen LogP contribution in [-0.2, 0) is 11.3 Å². The maximum Gasteiger partial charge on any atom is 0.408 e. The Hall–Kier alpha value is -2.53. The fraction of sp³-hybridized carbons (Fsp3) is 0.409. The molecular formula is C22H29NO4. The van der Waals surface area contributed by atoms with Crippen molar-refractivity contribution in [1.82, 2.24) is 5.32 Å². The third-order valence-electron chi connectivity index (χ3n) is 4.02. The Morgan fingerprint density at radius 2 is 1.70 bits per heavy atom. The van der Waals surface area contributed by atoms with E-state index in [1.54, 1.807) is 0 Å². The van der Waals surface area contributed by atoms with Crippen molar-refractivity contribution in [3.05, 3.63) is 65.7 Å². The van der Waals surface area contributed by atoms with Gasteiger partial charge < -0.3 is 19.9 Å². The van der Waals surface area contributed by atoms with Gasteiger partial charge in [-0.2, -0.15) is 0 Å². The number of ether oxygens (including phenoxy) is 2. The quantitative estimate of drug-likeness (QED) is 0.754. The van der Waals surface area contributed by atoms with Crippen LogP contribution in [0.15, 0.2) is 54.6 Å². The summed E-state index contributed by atoms with van der Waals surface area (Å²) >= 11 is 0. The zero-order chi connectivity index (χ0) is 19.9. The van der Waals surface area contributed by atoms with Crippen LogP contribution in [0.4, 0.5) is 4.79 Å². The van der Waals surface area contributed by atoms with Crippen LogP contribution in [-0.4, -0.2) is 23.4 Å². The SMILES string of the molecule is C[C@H](CO)[C@H](NC(=O)OC(C)(C)C)c1ccccc1OCc1ccccc1. The molecule has 2 aromatic carbocycles. The fourth-order valence-electron chi connectivity index (χ4n) is 2.67. The molecule has 0 fully saturated rings. The van der Waals surface area contributed by atoms with Crippen LogP contribution in [0.5, 0.6) is 5.75 Å². The molecular weight excluding hydrogens is 342 g/mol. The smallest absolute Gasteiger partial charge is 0.408 e. The van der Waals surface area contributed by atoms with Gasteiger partial charge in [0, 0.05) is 18.1 Å². The van der Waals surface area contributed by atoms with Gasteiger partial charge >= 0.3 is 6.09 Å². The second kappa shape index (κ2) is 9.42. The maximum atomic E-state index is 12.3. The van der Waals surface area contributed by atoms with E-state index in [0.29, 0.717) is 12.4 Å². The van der Waals surface area contributed by atoms with E-state index in [1.165, 1.54) is 0 Å². The van der Waals surface area contributed by atoms with Crippen LogP contribution in [0, 0.1) is 5.92 Å². The molecule has 1 amide bonds. The molecule has 0 aliphatic carbocycles. The van der Waals surface area contributed by atoms with E-state index < -0.39 is 17.7 Å². The number of benzene rings is 2. The van der Waals surface area contributed by atoms with Crippen LogP contribution < -0.4 is 10.1 Å². The lowest BCUT2D eigenvalue weighted by molar-refractivity contribution is 0.0473. The number of amides is 1. The van der Waals surface area contributed by atoms with Crippen molar-refractivity contribution >= 4 is 6.09 Å². The normalized spacial score (nSPS) is 13.5. The summed E-state index contributed by atoms with van der Waals surface area (Å²) in [5.74, 6) is 0.460. The molecule has 0 aromatic heterocycles. The van der Waals surface area contributed by atoms with Crippen molar-refractivity contribution in [3.8, 4) is 5.75 Å². The number of rotatable bonds is 7. The van der Waals surface area contributed by atoms with Crippen LogP contribution >= 0.6 is 0 Å². The zero-order valence-corrected chi connectivity index (χ0v) is 16.4. The molecule has 0 saturated heterocycles. The summed E-state index contributed by atoms with van der Waals surface area (Å²) in [7, 11) is 0. The highest BCUT2D eigenvalue weighted by molar-refractivity contribution is 5.68. The number of aliphatic hydroxyl groups is 1. The predicted molar refractivity (Wildman–Crippen MR) is 106 cm³/mol.